The van der Waals surface area contributed by atoms with Gasteiger partial charge >= 0.3 is 0 Å². The Kier molecular flexibility index (Phi) is 1.51. The quantitative estimate of drug-likeness (QED) is 0.447. The summed E-state index contributed by atoms with van der Waals surface area (Å²) in [5, 5.41) is 0. The van der Waals surface area contributed by atoms with Gasteiger partial charge in [0.1, 0.15) is 19.5 Å². The first-order valence-electron chi connectivity index (χ1n) is 2.40. The second-order valence-electron chi connectivity index (χ2n) is 1.67. The molecule has 3 heteroatoms. The predicted molar refractivity (Wildman–Crippen MR) is 31.7 cm³/mol. The first-order chi connectivity index (χ1) is 4.20. The molecule has 44 valence electrons. The Balaban J connectivity index is 3.17. The molecule has 0 aliphatic carbocycles. The van der Waals surface area contributed by atoms with Crippen molar-refractivity contribution in [3.8, 4) is 0 Å². The second kappa shape index (κ2) is 2.17. The highest BCUT2D eigenvalue weighted by Gasteiger charge is 1.95. The summed E-state index contributed by atoms with van der Waals surface area (Å²) in [5.41, 5.74) is -0.0311. The summed E-state index contributed by atoms with van der Waals surface area (Å²) in [6, 6.07) is 3.04. The van der Waals surface area contributed by atoms with Crippen LogP contribution in [0.4, 0.5) is 8.78 Å². The fraction of sp³-hybridized carbons (Fsp3) is 0. The molecule has 0 spiro atoms. The van der Waals surface area contributed by atoms with Gasteiger partial charge in [0.05, 0.1) is 0 Å². The molecule has 0 amide bonds. The smallest absolute Gasteiger partial charge is 0.126 e. The van der Waals surface area contributed by atoms with Crippen LogP contribution in [-0.4, -0.2) is 7.85 Å². The van der Waals surface area contributed by atoms with Crippen LogP contribution in [0.5, 0.6) is 0 Å². The summed E-state index contributed by atoms with van der Waals surface area (Å²) in [6.07, 6.45) is 0. The molecule has 1 aromatic carbocycles. The molecule has 0 heterocycles. The lowest BCUT2D eigenvalue weighted by Gasteiger charge is -1.92. The molecule has 0 atom stereocenters. The van der Waals surface area contributed by atoms with E-state index >= 15 is 0 Å². The van der Waals surface area contributed by atoms with Gasteiger partial charge in [0, 0.05) is 6.07 Å². The lowest BCUT2D eigenvalue weighted by molar-refractivity contribution is 0.588. The van der Waals surface area contributed by atoms with Crippen molar-refractivity contribution in [3.63, 3.8) is 0 Å². The lowest BCUT2D eigenvalue weighted by Crippen LogP contribution is -2.07. The van der Waals surface area contributed by atoms with Crippen molar-refractivity contribution in [1.82, 2.24) is 0 Å². The molecular weight excluding hydrogens is 121 g/mol. The average molecular weight is 124 g/mol. The zero-order valence-electron chi connectivity index (χ0n) is 4.57. The maximum atomic E-state index is 12.2. The Morgan fingerprint density at radius 3 is 2.33 bits per heavy atom. The Labute approximate surface area is 52.9 Å². The summed E-state index contributed by atoms with van der Waals surface area (Å²) in [4.78, 5) is 0. The van der Waals surface area contributed by atoms with Crippen molar-refractivity contribution in [1.29, 1.82) is 0 Å². The van der Waals surface area contributed by atoms with Gasteiger partial charge in [-0.2, -0.15) is 0 Å². The third-order valence-electron chi connectivity index (χ3n) is 0.962. The van der Waals surface area contributed by atoms with E-state index in [1.54, 1.807) is 0 Å². The van der Waals surface area contributed by atoms with Crippen LogP contribution in [0, 0.1) is 11.6 Å². The van der Waals surface area contributed by atoms with Crippen molar-refractivity contribution in [2.45, 2.75) is 0 Å². The highest BCUT2D eigenvalue weighted by molar-refractivity contribution is 6.32. The topological polar surface area (TPSA) is 0 Å². The number of halogens is 2. The molecule has 0 fully saturated rings. The first-order valence-corrected chi connectivity index (χ1v) is 2.40. The average Bonchev–Trinajstić information content (AvgIpc) is 1.80. The first kappa shape index (κ1) is 6.27. The van der Waals surface area contributed by atoms with Gasteiger partial charge in [0.25, 0.3) is 0 Å². The minimum absolute atomic E-state index is 0.0311. The highest BCUT2D eigenvalue weighted by Crippen LogP contribution is 1.96. The van der Waals surface area contributed by atoms with E-state index in [1.165, 1.54) is 6.07 Å². The van der Waals surface area contributed by atoms with Crippen molar-refractivity contribution in [3.05, 3.63) is 29.8 Å². The Morgan fingerprint density at radius 2 is 1.89 bits per heavy atom. The van der Waals surface area contributed by atoms with Gasteiger partial charge in [0.15, 0.2) is 0 Å². The van der Waals surface area contributed by atoms with Crippen molar-refractivity contribution >= 4 is 13.3 Å². The van der Waals surface area contributed by atoms with Gasteiger partial charge in [-0.05, 0) is 6.07 Å². The Bertz CT molecular complexity index is 222. The van der Waals surface area contributed by atoms with Crippen LogP contribution >= 0.6 is 0 Å². The van der Waals surface area contributed by atoms with E-state index in [9.17, 15) is 8.78 Å². The van der Waals surface area contributed by atoms with E-state index in [0.29, 0.717) is 0 Å². The summed E-state index contributed by atoms with van der Waals surface area (Å²) in [5.74, 6) is -1.32. The summed E-state index contributed by atoms with van der Waals surface area (Å²) < 4.78 is 24.3. The van der Waals surface area contributed by atoms with E-state index in [-0.39, 0.29) is 5.46 Å². The molecule has 0 bridgehead atoms. The number of benzene rings is 1. The monoisotopic (exact) mass is 124 g/mol. The van der Waals surface area contributed by atoms with Crippen molar-refractivity contribution in [2.24, 2.45) is 0 Å². The third kappa shape index (κ3) is 1.28. The van der Waals surface area contributed by atoms with Crippen LogP contribution < -0.4 is 5.46 Å². The van der Waals surface area contributed by atoms with E-state index in [2.05, 4.69) is 0 Å². The number of rotatable bonds is 0. The van der Waals surface area contributed by atoms with Gasteiger partial charge in [-0.1, -0.05) is 11.5 Å². The largest absolute Gasteiger partial charge is 0.208 e. The molecule has 0 aliphatic heterocycles. The fourth-order valence-corrected chi connectivity index (χ4v) is 0.502. The molecule has 0 saturated carbocycles. The minimum atomic E-state index is -0.713. The maximum absolute atomic E-state index is 12.2. The zero-order chi connectivity index (χ0) is 6.85. The van der Waals surface area contributed by atoms with Gasteiger partial charge in [0.2, 0.25) is 0 Å². The van der Waals surface area contributed by atoms with E-state index < -0.39 is 11.6 Å². The maximum Gasteiger partial charge on any atom is 0.126 e. The molecule has 0 N–H and O–H groups in total. The molecule has 0 unspecified atom stereocenters. The summed E-state index contributed by atoms with van der Waals surface area (Å²) in [6.45, 7) is 0. The lowest BCUT2D eigenvalue weighted by atomic mass is 9.96. The standard InChI is InChI=1S/C6H3BF2/c7-5-2-1-4(8)3-6(5)9/h1-3H. The Hall–Kier alpha value is -0.855. The second-order valence-corrected chi connectivity index (χ2v) is 1.67. The number of hydrogen-bond donors (Lipinski definition) is 0. The SMILES string of the molecule is [B]c1ccc(F)cc1F. The molecule has 0 aromatic heterocycles. The highest BCUT2D eigenvalue weighted by atomic mass is 19.1. The predicted octanol–water partition coefficient (Wildman–Crippen LogP) is 0.759. The minimum Gasteiger partial charge on any atom is -0.208 e. The summed E-state index contributed by atoms with van der Waals surface area (Å²) in [7, 11) is 5.05. The summed E-state index contributed by atoms with van der Waals surface area (Å²) >= 11 is 0. The molecule has 2 radical (unpaired) electrons. The fourth-order valence-electron chi connectivity index (χ4n) is 0.502. The van der Waals surface area contributed by atoms with Crippen LogP contribution in [0.3, 0.4) is 0 Å². The molecular formula is C6H3BF2. The zero-order valence-corrected chi connectivity index (χ0v) is 4.57. The van der Waals surface area contributed by atoms with Gasteiger partial charge in [-0.15, -0.1) is 0 Å². The molecule has 0 aliphatic rings. The van der Waals surface area contributed by atoms with Crippen LogP contribution in [0.25, 0.3) is 0 Å². The molecule has 0 saturated heterocycles. The Morgan fingerprint density at radius 1 is 1.22 bits per heavy atom. The van der Waals surface area contributed by atoms with Crippen molar-refractivity contribution < 1.29 is 8.78 Å². The molecule has 1 aromatic rings. The van der Waals surface area contributed by atoms with Crippen LogP contribution in [0.1, 0.15) is 0 Å². The molecule has 9 heavy (non-hydrogen) atoms. The third-order valence-corrected chi connectivity index (χ3v) is 0.962. The van der Waals surface area contributed by atoms with Crippen LogP contribution in [0.2, 0.25) is 0 Å². The molecule has 0 nitrogen and oxygen atoms in total. The van der Waals surface area contributed by atoms with E-state index in [4.69, 9.17) is 7.85 Å². The van der Waals surface area contributed by atoms with E-state index in [0.717, 1.165) is 12.1 Å². The van der Waals surface area contributed by atoms with E-state index in [1.807, 2.05) is 0 Å². The van der Waals surface area contributed by atoms with Gasteiger partial charge < -0.3 is 0 Å². The van der Waals surface area contributed by atoms with Gasteiger partial charge in [-0.25, -0.2) is 8.78 Å². The van der Waals surface area contributed by atoms with Gasteiger partial charge in [-0.3, -0.25) is 0 Å². The van der Waals surface area contributed by atoms with Crippen LogP contribution in [-0.2, 0) is 0 Å². The molecule has 1 rings (SSSR count). The normalized spacial score (nSPS) is 9.56. The van der Waals surface area contributed by atoms with Crippen LogP contribution in [0.15, 0.2) is 18.2 Å². The van der Waals surface area contributed by atoms with Crippen molar-refractivity contribution in [2.75, 3.05) is 0 Å². The number of hydrogen-bond acceptors (Lipinski definition) is 0.